The second kappa shape index (κ2) is 6.55. The standard InChI is InChI=1S/C15H30N2O/c1-12(16)7-8-14(18)17-10-5-6-13(9-11-17)15(2,3)4/h12-13H,5-11,16H2,1-4H3. The molecule has 0 radical (unpaired) electrons. The first-order chi connectivity index (χ1) is 8.30. The average molecular weight is 254 g/mol. The van der Waals surface area contributed by atoms with Gasteiger partial charge in [-0.15, -0.1) is 0 Å². The number of nitrogens with zero attached hydrogens (tertiary/aromatic N) is 1. The summed E-state index contributed by atoms with van der Waals surface area (Å²) in [7, 11) is 0. The zero-order valence-corrected chi connectivity index (χ0v) is 12.5. The molecular formula is C15H30N2O. The van der Waals surface area contributed by atoms with Gasteiger partial charge >= 0.3 is 0 Å². The minimum absolute atomic E-state index is 0.128. The maximum atomic E-state index is 12.1. The van der Waals surface area contributed by atoms with Gasteiger partial charge < -0.3 is 10.6 Å². The van der Waals surface area contributed by atoms with Crippen molar-refractivity contribution in [2.75, 3.05) is 13.1 Å². The van der Waals surface area contributed by atoms with Gasteiger partial charge in [0.05, 0.1) is 0 Å². The molecule has 2 unspecified atom stereocenters. The van der Waals surface area contributed by atoms with Crippen LogP contribution in [0.5, 0.6) is 0 Å². The van der Waals surface area contributed by atoms with E-state index in [0.29, 0.717) is 17.7 Å². The van der Waals surface area contributed by atoms with Crippen molar-refractivity contribution in [2.24, 2.45) is 17.1 Å². The highest BCUT2D eigenvalue weighted by Gasteiger charge is 2.28. The maximum Gasteiger partial charge on any atom is 0.222 e. The molecule has 1 rings (SSSR count). The fourth-order valence-electron chi connectivity index (χ4n) is 2.72. The second-order valence-corrected chi connectivity index (χ2v) is 6.89. The predicted octanol–water partition coefficient (Wildman–Crippen LogP) is 2.79. The summed E-state index contributed by atoms with van der Waals surface area (Å²) in [5.74, 6) is 1.03. The summed E-state index contributed by atoms with van der Waals surface area (Å²) in [6, 6.07) is 0.128. The number of hydrogen-bond acceptors (Lipinski definition) is 2. The van der Waals surface area contributed by atoms with Gasteiger partial charge in [0.25, 0.3) is 0 Å². The summed E-state index contributed by atoms with van der Waals surface area (Å²) in [5, 5.41) is 0. The van der Waals surface area contributed by atoms with Crippen LogP contribution in [-0.2, 0) is 4.79 Å². The number of hydrogen-bond donors (Lipinski definition) is 1. The second-order valence-electron chi connectivity index (χ2n) is 6.89. The molecule has 3 heteroatoms. The van der Waals surface area contributed by atoms with Crippen LogP contribution in [-0.4, -0.2) is 29.9 Å². The van der Waals surface area contributed by atoms with Gasteiger partial charge in [0.1, 0.15) is 0 Å². The van der Waals surface area contributed by atoms with Crippen molar-refractivity contribution in [3.63, 3.8) is 0 Å². The average Bonchev–Trinajstić information content (AvgIpc) is 2.50. The van der Waals surface area contributed by atoms with Crippen molar-refractivity contribution in [1.29, 1.82) is 0 Å². The minimum Gasteiger partial charge on any atom is -0.343 e. The largest absolute Gasteiger partial charge is 0.343 e. The maximum absolute atomic E-state index is 12.1. The molecule has 0 aromatic carbocycles. The van der Waals surface area contributed by atoms with E-state index in [0.717, 1.165) is 38.3 Å². The molecule has 0 aromatic rings. The van der Waals surface area contributed by atoms with Crippen molar-refractivity contribution < 1.29 is 4.79 Å². The third-order valence-corrected chi connectivity index (χ3v) is 4.12. The fraction of sp³-hybridized carbons (Fsp3) is 0.933. The Balaban J connectivity index is 2.44. The Bertz CT molecular complexity index is 268. The van der Waals surface area contributed by atoms with Crippen LogP contribution in [0.25, 0.3) is 0 Å². The zero-order valence-electron chi connectivity index (χ0n) is 12.5. The van der Waals surface area contributed by atoms with E-state index in [4.69, 9.17) is 5.73 Å². The van der Waals surface area contributed by atoms with Crippen LogP contribution in [0.3, 0.4) is 0 Å². The smallest absolute Gasteiger partial charge is 0.222 e. The number of likely N-dealkylation sites (tertiary alicyclic amines) is 1. The zero-order chi connectivity index (χ0) is 13.8. The molecule has 0 aliphatic carbocycles. The molecule has 1 heterocycles. The Hall–Kier alpha value is -0.570. The van der Waals surface area contributed by atoms with Crippen LogP contribution in [0.1, 0.15) is 59.8 Å². The van der Waals surface area contributed by atoms with E-state index in [9.17, 15) is 4.79 Å². The van der Waals surface area contributed by atoms with Gasteiger partial charge in [-0.05, 0) is 43.9 Å². The quantitative estimate of drug-likeness (QED) is 0.842. The molecule has 0 spiro atoms. The molecule has 106 valence electrons. The van der Waals surface area contributed by atoms with Crippen LogP contribution in [0.4, 0.5) is 0 Å². The Morgan fingerprint density at radius 1 is 1.33 bits per heavy atom. The molecule has 0 aromatic heterocycles. The van der Waals surface area contributed by atoms with Crippen LogP contribution in [0, 0.1) is 11.3 Å². The molecule has 1 fully saturated rings. The van der Waals surface area contributed by atoms with E-state index in [1.165, 1.54) is 6.42 Å². The van der Waals surface area contributed by atoms with Crippen molar-refractivity contribution in [3.05, 3.63) is 0 Å². The monoisotopic (exact) mass is 254 g/mol. The first-order valence-corrected chi connectivity index (χ1v) is 7.34. The number of nitrogens with two attached hydrogens (primary N) is 1. The van der Waals surface area contributed by atoms with Gasteiger partial charge in [-0.3, -0.25) is 4.79 Å². The SMILES string of the molecule is CC(N)CCC(=O)N1CCCC(C(C)(C)C)CC1. The van der Waals surface area contributed by atoms with Crippen molar-refractivity contribution in [1.82, 2.24) is 4.90 Å². The first kappa shape index (κ1) is 15.5. The number of carbonyl (C=O) groups excluding carboxylic acids is 1. The number of rotatable bonds is 3. The fourth-order valence-corrected chi connectivity index (χ4v) is 2.72. The van der Waals surface area contributed by atoms with Gasteiger partial charge in [0, 0.05) is 25.6 Å². The van der Waals surface area contributed by atoms with Crippen molar-refractivity contribution in [3.8, 4) is 0 Å². The predicted molar refractivity (Wildman–Crippen MR) is 76.3 cm³/mol. The Kier molecular flexibility index (Phi) is 5.64. The summed E-state index contributed by atoms with van der Waals surface area (Å²) >= 11 is 0. The van der Waals surface area contributed by atoms with E-state index in [2.05, 4.69) is 20.8 Å². The van der Waals surface area contributed by atoms with Crippen molar-refractivity contribution in [2.45, 2.75) is 65.8 Å². The van der Waals surface area contributed by atoms with Gasteiger partial charge in [-0.25, -0.2) is 0 Å². The van der Waals surface area contributed by atoms with Gasteiger partial charge in [0.15, 0.2) is 0 Å². The van der Waals surface area contributed by atoms with E-state index in [1.807, 2.05) is 11.8 Å². The lowest BCUT2D eigenvalue weighted by Crippen LogP contribution is -2.33. The van der Waals surface area contributed by atoms with Crippen molar-refractivity contribution >= 4 is 5.91 Å². The summed E-state index contributed by atoms with van der Waals surface area (Å²) < 4.78 is 0. The normalized spacial score (nSPS) is 23.6. The molecule has 1 aliphatic rings. The Morgan fingerprint density at radius 3 is 2.56 bits per heavy atom. The molecule has 0 bridgehead atoms. The lowest BCUT2D eigenvalue weighted by Gasteiger charge is -2.29. The van der Waals surface area contributed by atoms with Gasteiger partial charge in [-0.1, -0.05) is 20.8 Å². The highest BCUT2D eigenvalue weighted by atomic mass is 16.2. The first-order valence-electron chi connectivity index (χ1n) is 7.34. The summed E-state index contributed by atoms with van der Waals surface area (Å²) in [6.07, 6.45) is 4.95. The molecule has 18 heavy (non-hydrogen) atoms. The van der Waals surface area contributed by atoms with E-state index in [-0.39, 0.29) is 6.04 Å². The minimum atomic E-state index is 0.128. The van der Waals surface area contributed by atoms with Crippen LogP contribution >= 0.6 is 0 Å². The van der Waals surface area contributed by atoms with Crippen LogP contribution in [0.15, 0.2) is 0 Å². The Labute approximate surface area is 112 Å². The lowest BCUT2D eigenvalue weighted by atomic mass is 9.77. The topological polar surface area (TPSA) is 46.3 Å². The van der Waals surface area contributed by atoms with Gasteiger partial charge in [0.2, 0.25) is 5.91 Å². The highest BCUT2D eigenvalue weighted by Crippen LogP contribution is 2.34. The number of amides is 1. The molecule has 3 nitrogen and oxygen atoms in total. The molecule has 1 saturated heterocycles. The molecule has 2 N–H and O–H groups in total. The van der Waals surface area contributed by atoms with Crippen LogP contribution < -0.4 is 5.73 Å². The third-order valence-electron chi connectivity index (χ3n) is 4.12. The van der Waals surface area contributed by atoms with E-state index >= 15 is 0 Å². The number of carbonyl (C=O) groups is 1. The lowest BCUT2D eigenvalue weighted by molar-refractivity contribution is -0.131. The van der Waals surface area contributed by atoms with E-state index in [1.54, 1.807) is 0 Å². The Morgan fingerprint density at radius 2 is 2.00 bits per heavy atom. The summed E-state index contributed by atoms with van der Waals surface area (Å²) in [4.78, 5) is 14.1. The summed E-state index contributed by atoms with van der Waals surface area (Å²) in [6.45, 7) is 10.8. The summed E-state index contributed by atoms with van der Waals surface area (Å²) in [5.41, 5.74) is 6.08. The third kappa shape index (κ3) is 4.97. The molecule has 2 atom stereocenters. The van der Waals surface area contributed by atoms with E-state index < -0.39 is 0 Å². The molecule has 1 aliphatic heterocycles. The van der Waals surface area contributed by atoms with Gasteiger partial charge in [-0.2, -0.15) is 0 Å². The van der Waals surface area contributed by atoms with Crippen LogP contribution in [0.2, 0.25) is 0 Å². The molecule has 0 saturated carbocycles. The molecular weight excluding hydrogens is 224 g/mol. The highest BCUT2D eigenvalue weighted by molar-refractivity contribution is 5.76. The molecule has 1 amide bonds.